The van der Waals surface area contributed by atoms with E-state index in [0.717, 1.165) is 15.6 Å². The van der Waals surface area contributed by atoms with Gasteiger partial charge in [-0.3, -0.25) is 14.4 Å². The van der Waals surface area contributed by atoms with Crippen molar-refractivity contribution < 1.29 is 23.9 Å². The molecule has 3 rings (SSSR count). The van der Waals surface area contributed by atoms with Crippen LogP contribution in [-0.2, 0) is 19.1 Å². The summed E-state index contributed by atoms with van der Waals surface area (Å²) in [4.78, 5) is 36.2. The molecule has 2 amide bonds. The molecule has 0 aromatic heterocycles. The summed E-state index contributed by atoms with van der Waals surface area (Å²) in [5.74, 6) is -0.195. The second-order valence-electron chi connectivity index (χ2n) is 7.68. The summed E-state index contributed by atoms with van der Waals surface area (Å²) in [7, 11) is 0. The zero-order valence-electron chi connectivity index (χ0n) is 19.2. The lowest BCUT2D eigenvalue weighted by Crippen LogP contribution is -2.22. The minimum atomic E-state index is -0.634. The quantitative estimate of drug-likeness (QED) is 0.295. The van der Waals surface area contributed by atoms with Crippen molar-refractivity contribution in [3.05, 3.63) is 81.3 Å². The normalized spacial score (nSPS) is 10.4. The first-order valence-corrected chi connectivity index (χ1v) is 11.9. The molecule has 9 heteroatoms. The number of hydrogen-bond donors (Lipinski definition) is 2. The van der Waals surface area contributed by atoms with E-state index < -0.39 is 18.5 Å². The van der Waals surface area contributed by atoms with Crippen LogP contribution in [0.25, 0.3) is 0 Å². The molecule has 182 valence electrons. The van der Waals surface area contributed by atoms with Gasteiger partial charge in [0.05, 0.1) is 6.42 Å². The molecule has 0 spiro atoms. The van der Waals surface area contributed by atoms with Gasteiger partial charge in [-0.2, -0.15) is 0 Å². The van der Waals surface area contributed by atoms with Gasteiger partial charge in [0.1, 0.15) is 11.5 Å². The Morgan fingerprint density at radius 2 is 1.43 bits per heavy atom. The van der Waals surface area contributed by atoms with Crippen molar-refractivity contribution in [3.63, 3.8) is 0 Å². The summed E-state index contributed by atoms with van der Waals surface area (Å²) in [5, 5.41) is 6.05. The maximum atomic E-state index is 12.2. The lowest BCUT2D eigenvalue weighted by atomic mass is 10.1. The number of amides is 2. The van der Waals surface area contributed by atoms with Crippen LogP contribution in [-0.4, -0.2) is 24.4 Å². The van der Waals surface area contributed by atoms with E-state index in [0.29, 0.717) is 27.9 Å². The predicted octanol–water partition coefficient (Wildman–Crippen LogP) is 6.41. The number of halogens is 2. The summed E-state index contributed by atoms with van der Waals surface area (Å²) in [5.41, 5.74) is 3.14. The van der Waals surface area contributed by atoms with Crippen molar-refractivity contribution in [3.8, 4) is 11.5 Å². The second kappa shape index (κ2) is 12.4. The molecule has 0 heterocycles. The average Bonchev–Trinajstić information content (AvgIpc) is 2.84. The number of carbonyl (C=O) groups excluding carboxylic acids is 3. The highest BCUT2D eigenvalue weighted by atomic mass is 79.9. The highest BCUT2D eigenvalue weighted by Crippen LogP contribution is 2.26. The molecule has 0 atom stereocenters. The van der Waals surface area contributed by atoms with Crippen LogP contribution < -0.4 is 15.4 Å². The molecule has 0 radical (unpaired) electrons. The minimum Gasteiger partial charge on any atom is -0.457 e. The Morgan fingerprint density at radius 3 is 2.09 bits per heavy atom. The minimum absolute atomic E-state index is 0.0749. The van der Waals surface area contributed by atoms with E-state index in [1.807, 2.05) is 19.9 Å². The smallest absolute Gasteiger partial charge is 0.306 e. The molecule has 3 aromatic carbocycles. The Hall–Kier alpha value is -3.36. The maximum Gasteiger partial charge on any atom is 0.306 e. The van der Waals surface area contributed by atoms with Gasteiger partial charge in [0, 0.05) is 27.3 Å². The molecule has 7 nitrogen and oxygen atoms in total. The maximum absolute atomic E-state index is 12.2. The van der Waals surface area contributed by atoms with Gasteiger partial charge in [-0.15, -0.1) is 0 Å². The molecule has 0 saturated carbocycles. The summed E-state index contributed by atoms with van der Waals surface area (Å²) < 4.78 is 11.6. The largest absolute Gasteiger partial charge is 0.457 e. The number of benzene rings is 3. The molecule has 0 unspecified atom stereocenters. The fourth-order valence-electron chi connectivity index (χ4n) is 3.01. The molecule has 3 aromatic rings. The third-order valence-corrected chi connectivity index (χ3v) is 6.21. The SMILES string of the molecule is Cc1c(Br)ccc(NC(=O)COC(=O)CCC(=O)Nc2ccc(Oc3ccc(Cl)cc3)cc2)c1C. The molecule has 2 N–H and O–H groups in total. The highest BCUT2D eigenvalue weighted by molar-refractivity contribution is 9.10. The topological polar surface area (TPSA) is 93.7 Å². The number of carbonyl (C=O) groups is 3. The van der Waals surface area contributed by atoms with E-state index in [-0.39, 0.29) is 18.7 Å². The van der Waals surface area contributed by atoms with Crippen LogP contribution in [0.3, 0.4) is 0 Å². The molecule has 0 bridgehead atoms. The molecule has 0 saturated heterocycles. The molecular formula is C26H24BrClN2O5. The number of hydrogen-bond acceptors (Lipinski definition) is 5. The van der Waals surface area contributed by atoms with E-state index in [1.54, 1.807) is 54.6 Å². The highest BCUT2D eigenvalue weighted by Gasteiger charge is 2.13. The van der Waals surface area contributed by atoms with Crippen LogP contribution in [0.5, 0.6) is 11.5 Å². The van der Waals surface area contributed by atoms with E-state index in [4.69, 9.17) is 21.1 Å². The molecule has 0 fully saturated rings. The first-order valence-electron chi connectivity index (χ1n) is 10.8. The van der Waals surface area contributed by atoms with Crippen LogP contribution in [0.15, 0.2) is 65.1 Å². The Kier molecular flexibility index (Phi) is 9.28. The third kappa shape index (κ3) is 8.12. The van der Waals surface area contributed by atoms with Gasteiger partial charge >= 0.3 is 5.97 Å². The number of ether oxygens (including phenoxy) is 2. The summed E-state index contributed by atoms with van der Waals surface area (Å²) in [6.45, 7) is 3.40. The number of esters is 1. The van der Waals surface area contributed by atoms with Crippen molar-refractivity contribution in [1.29, 1.82) is 0 Å². The van der Waals surface area contributed by atoms with Gasteiger partial charge in [0.15, 0.2) is 6.61 Å². The third-order valence-electron chi connectivity index (χ3n) is 5.10. The van der Waals surface area contributed by atoms with Gasteiger partial charge in [0.25, 0.3) is 5.91 Å². The van der Waals surface area contributed by atoms with Crippen LogP contribution in [0.4, 0.5) is 11.4 Å². The van der Waals surface area contributed by atoms with Gasteiger partial charge in [-0.25, -0.2) is 0 Å². The number of rotatable bonds is 9. The zero-order valence-corrected chi connectivity index (χ0v) is 21.5. The van der Waals surface area contributed by atoms with Gasteiger partial charge in [-0.05, 0) is 85.6 Å². The van der Waals surface area contributed by atoms with E-state index >= 15 is 0 Å². The molecule has 35 heavy (non-hydrogen) atoms. The molecule has 0 aliphatic rings. The van der Waals surface area contributed by atoms with E-state index in [2.05, 4.69) is 26.6 Å². The second-order valence-corrected chi connectivity index (χ2v) is 8.97. The van der Waals surface area contributed by atoms with Crippen LogP contribution in [0.1, 0.15) is 24.0 Å². The Balaban J connectivity index is 1.38. The Bertz CT molecular complexity index is 1210. The number of anilines is 2. The fraction of sp³-hybridized carbons (Fsp3) is 0.192. The lowest BCUT2D eigenvalue weighted by Gasteiger charge is -2.12. The van der Waals surface area contributed by atoms with Crippen LogP contribution in [0.2, 0.25) is 5.02 Å². The summed E-state index contributed by atoms with van der Waals surface area (Å²) in [6.07, 6.45) is -0.220. The molecular weight excluding hydrogens is 536 g/mol. The van der Waals surface area contributed by atoms with E-state index in [9.17, 15) is 14.4 Å². The monoisotopic (exact) mass is 558 g/mol. The molecule has 0 aliphatic carbocycles. The Labute approximate surface area is 216 Å². The van der Waals surface area contributed by atoms with Crippen molar-refractivity contribution in [2.75, 3.05) is 17.2 Å². The predicted molar refractivity (Wildman–Crippen MR) is 139 cm³/mol. The van der Waals surface area contributed by atoms with E-state index in [1.165, 1.54) is 0 Å². The van der Waals surface area contributed by atoms with Crippen molar-refractivity contribution in [1.82, 2.24) is 0 Å². The van der Waals surface area contributed by atoms with Crippen molar-refractivity contribution in [2.24, 2.45) is 0 Å². The lowest BCUT2D eigenvalue weighted by molar-refractivity contribution is -0.147. The van der Waals surface area contributed by atoms with Crippen molar-refractivity contribution >= 4 is 56.7 Å². The first-order chi connectivity index (χ1) is 16.7. The molecule has 0 aliphatic heterocycles. The zero-order chi connectivity index (χ0) is 25.4. The van der Waals surface area contributed by atoms with Gasteiger partial charge in [0.2, 0.25) is 5.91 Å². The summed E-state index contributed by atoms with van der Waals surface area (Å²) in [6, 6.07) is 17.4. The van der Waals surface area contributed by atoms with Crippen LogP contribution in [0, 0.1) is 13.8 Å². The van der Waals surface area contributed by atoms with Gasteiger partial charge in [-0.1, -0.05) is 27.5 Å². The first kappa shape index (κ1) is 26.2. The fourth-order valence-corrected chi connectivity index (χ4v) is 3.57. The number of nitrogens with one attached hydrogen (secondary N) is 2. The summed E-state index contributed by atoms with van der Waals surface area (Å²) >= 11 is 9.30. The standard InChI is InChI=1S/C26H24BrClN2O5/c1-16-17(2)23(12-11-22(16)27)30-25(32)15-34-26(33)14-13-24(31)29-19-5-9-21(10-6-19)35-20-7-3-18(28)4-8-20/h3-12H,13-15H2,1-2H3,(H,29,31)(H,30,32). The van der Waals surface area contributed by atoms with Crippen molar-refractivity contribution in [2.45, 2.75) is 26.7 Å². The van der Waals surface area contributed by atoms with Crippen LogP contribution >= 0.6 is 27.5 Å². The Morgan fingerprint density at radius 1 is 0.800 bits per heavy atom. The average molecular weight is 560 g/mol. The van der Waals surface area contributed by atoms with Gasteiger partial charge < -0.3 is 20.1 Å².